The molecule has 4 heteroatoms. The lowest BCUT2D eigenvalue weighted by Gasteiger charge is -2.02. The Morgan fingerprint density at radius 1 is 1.24 bits per heavy atom. The van der Waals surface area contributed by atoms with Crippen molar-refractivity contribution in [2.24, 2.45) is 0 Å². The lowest BCUT2D eigenvalue weighted by atomic mass is 10.1. The molecule has 1 heterocycles. The molecular formula is C13H19BrO3. The summed E-state index contributed by atoms with van der Waals surface area (Å²) in [4.78, 5) is 11.4. The molecule has 0 N–H and O–H groups in total. The Morgan fingerprint density at radius 3 is 2.71 bits per heavy atom. The van der Waals surface area contributed by atoms with Crippen LogP contribution in [-0.4, -0.2) is 11.3 Å². The van der Waals surface area contributed by atoms with E-state index in [4.69, 9.17) is 9.15 Å². The van der Waals surface area contributed by atoms with Crippen LogP contribution in [-0.2, 0) is 16.1 Å². The number of ether oxygens (including phenoxy) is 1. The van der Waals surface area contributed by atoms with E-state index in [9.17, 15) is 4.79 Å². The number of halogens is 1. The van der Waals surface area contributed by atoms with Crippen molar-refractivity contribution in [3.05, 3.63) is 24.2 Å². The second-order valence-electron chi connectivity index (χ2n) is 3.95. The Morgan fingerprint density at radius 2 is 2.00 bits per heavy atom. The van der Waals surface area contributed by atoms with E-state index < -0.39 is 0 Å². The van der Waals surface area contributed by atoms with Gasteiger partial charge in [-0.3, -0.25) is 4.79 Å². The first-order valence-corrected chi connectivity index (χ1v) is 7.19. The fourth-order valence-corrected chi connectivity index (χ4v) is 1.91. The predicted molar refractivity (Wildman–Crippen MR) is 70.0 cm³/mol. The zero-order valence-electron chi connectivity index (χ0n) is 9.99. The van der Waals surface area contributed by atoms with E-state index in [-0.39, 0.29) is 12.6 Å². The molecule has 1 aromatic heterocycles. The molecule has 0 atom stereocenters. The van der Waals surface area contributed by atoms with Gasteiger partial charge in [0.1, 0.15) is 12.4 Å². The Hall–Kier alpha value is -0.770. The van der Waals surface area contributed by atoms with Crippen molar-refractivity contribution in [1.29, 1.82) is 0 Å². The van der Waals surface area contributed by atoms with Crippen LogP contribution in [0.5, 0.6) is 0 Å². The highest BCUT2D eigenvalue weighted by Gasteiger charge is 2.04. The van der Waals surface area contributed by atoms with Gasteiger partial charge in [-0.05, 0) is 25.0 Å². The summed E-state index contributed by atoms with van der Waals surface area (Å²) in [6.07, 6.45) is 7.73. The molecule has 0 saturated heterocycles. The van der Waals surface area contributed by atoms with E-state index in [1.54, 1.807) is 18.4 Å². The number of carbonyl (C=O) groups is 1. The molecule has 3 nitrogen and oxygen atoms in total. The van der Waals surface area contributed by atoms with Crippen molar-refractivity contribution in [2.45, 2.75) is 45.1 Å². The molecule has 0 saturated carbocycles. The summed E-state index contributed by atoms with van der Waals surface area (Å²) >= 11 is 3.40. The summed E-state index contributed by atoms with van der Waals surface area (Å²) in [6.45, 7) is 0.245. The van der Waals surface area contributed by atoms with Gasteiger partial charge in [-0.2, -0.15) is 0 Å². The molecule has 0 aliphatic heterocycles. The first-order valence-electron chi connectivity index (χ1n) is 6.07. The van der Waals surface area contributed by atoms with Crippen LogP contribution in [0.2, 0.25) is 0 Å². The molecule has 0 fully saturated rings. The third kappa shape index (κ3) is 7.21. The average Bonchev–Trinajstić information content (AvgIpc) is 2.84. The molecule has 0 aliphatic rings. The van der Waals surface area contributed by atoms with Crippen molar-refractivity contribution >= 4 is 21.9 Å². The van der Waals surface area contributed by atoms with Crippen LogP contribution in [0.4, 0.5) is 0 Å². The van der Waals surface area contributed by atoms with Gasteiger partial charge in [-0.15, -0.1) is 0 Å². The van der Waals surface area contributed by atoms with Crippen LogP contribution in [0.3, 0.4) is 0 Å². The molecule has 0 aromatic carbocycles. The van der Waals surface area contributed by atoms with E-state index in [0.717, 1.165) is 18.2 Å². The molecule has 17 heavy (non-hydrogen) atoms. The maximum absolute atomic E-state index is 11.4. The van der Waals surface area contributed by atoms with Gasteiger partial charge in [-0.1, -0.05) is 35.2 Å². The molecule has 1 aromatic rings. The Kier molecular flexibility index (Phi) is 7.80. The van der Waals surface area contributed by atoms with Crippen LogP contribution in [0, 0.1) is 0 Å². The number of esters is 1. The lowest BCUT2D eigenvalue weighted by molar-refractivity contribution is -0.145. The van der Waals surface area contributed by atoms with Gasteiger partial charge in [-0.25, -0.2) is 0 Å². The fraction of sp³-hybridized carbons (Fsp3) is 0.615. The Balaban J connectivity index is 1.94. The van der Waals surface area contributed by atoms with Gasteiger partial charge in [0.25, 0.3) is 0 Å². The lowest BCUT2D eigenvalue weighted by Crippen LogP contribution is -2.03. The topological polar surface area (TPSA) is 39.4 Å². The highest BCUT2D eigenvalue weighted by molar-refractivity contribution is 9.09. The van der Waals surface area contributed by atoms with Crippen LogP contribution in [0.25, 0.3) is 0 Å². The standard InChI is InChI=1S/C13H19BrO3/c14-9-5-3-1-2-4-8-13(15)17-11-12-7-6-10-16-12/h6-7,10H,1-5,8-9,11H2. The van der Waals surface area contributed by atoms with Gasteiger partial charge in [0, 0.05) is 11.8 Å². The number of rotatable bonds is 9. The second-order valence-corrected chi connectivity index (χ2v) is 4.74. The number of unbranched alkanes of at least 4 members (excludes halogenated alkanes) is 4. The number of hydrogen-bond donors (Lipinski definition) is 0. The highest BCUT2D eigenvalue weighted by atomic mass is 79.9. The number of carbonyl (C=O) groups excluding carboxylic acids is 1. The minimum atomic E-state index is -0.137. The molecule has 0 amide bonds. The summed E-state index contributed by atoms with van der Waals surface area (Å²) in [5.74, 6) is 0.553. The van der Waals surface area contributed by atoms with Gasteiger partial charge in [0.05, 0.1) is 6.26 Å². The Labute approximate surface area is 111 Å². The third-order valence-electron chi connectivity index (χ3n) is 2.47. The van der Waals surface area contributed by atoms with Crippen molar-refractivity contribution in [2.75, 3.05) is 5.33 Å². The quantitative estimate of drug-likeness (QED) is 0.392. The smallest absolute Gasteiger partial charge is 0.306 e. The van der Waals surface area contributed by atoms with E-state index in [0.29, 0.717) is 12.2 Å². The average molecular weight is 303 g/mol. The summed E-state index contributed by atoms with van der Waals surface area (Å²) in [5, 5.41) is 1.07. The van der Waals surface area contributed by atoms with Crippen molar-refractivity contribution < 1.29 is 13.9 Å². The first kappa shape index (κ1) is 14.3. The number of furan rings is 1. The first-order chi connectivity index (χ1) is 8.33. The molecule has 0 unspecified atom stereocenters. The SMILES string of the molecule is O=C(CCCCCCCBr)OCc1ccco1. The van der Waals surface area contributed by atoms with Crippen molar-refractivity contribution in [3.63, 3.8) is 0 Å². The monoisotopic (exact) mass is 302 g/mol. The molecule has 0 bridgehead atoms. The minimum absolute atomic E-state index is 0.137. The minimum Gasteiger partial charge on any atom is -0.466 e. The van der Waals surface area contributed by atoms with Crippen molar-refractivity contribution in [1.82, 2.24) is 0 Å². The molecule has 0 aliphatic carbocycles. The number of hydrogen-bond acceptors (Lipinski definition) is 3. The van der Waals surface area contributed by atoms with Crippen LogP contribution < -0.4 is 0 Å². The zero-order chi connectivity index (χ0) is 12.3. The van der Waals surface area contributed by atoms with Crippen LogP contribution >= 0.6 is 15.9 Å². The van der Waals surface area contributed by atoms with Gasteiger partial charge in [0.15, 0.2) is 0 Å². The molecule has 96 valence electrons. The van der Waals surface area contributed by atoms with E-state index in [1.807, 2.05) is 0 Å². The molecule has 0 spiro atoms. The summed E-state index contributed by atoms with van der Waals surface area (Å²) in [6, 6.07) is 3.58. The largest absolute Gasteiger partial charge is 0.466 e. The molecule has 1 rings (SSSR count). The summed E-state index contributed by atoms with van der Waals surface area (Å²) in [5.41, 5.74) is 0. The molecule has 0 radical (unpaired) electrons. The van der Waals surface area contributed by atoms with Gasteiger partial charge in [0.2, 0.25) is 0 Å². The highest BCUT2D eigenvalue weighted by Crippen LogP contribution is 2.08. The summed E-state index contributed by atoms with van der Waals surface area (Å²) in [7, 11) is 0. The molecular weight excluding hydrogens is 284 g/mol. The summed E-state index contributed by atoms with van der Waals surface area (Å²) < 4.78 is 10.1. The van der Waals surface area contributed by atoms with Crippen LogP contribution in [0.15, 0.2) is 22.8 Å². The maximum Gasteiger partial charge on any atom is 0.306 e. The van der Waals surface area contributed by atoms with E-state index >= 15 is 0 Å². The maximum atomic E-state index is 11.4. The number of alkyl halides is 1. The second kappa shape index (κ2) is 9.28. The zero-order valence-corrected chi connectivity index (χ0v) is 11.6. The van der Waals surface area contributed by atoms with Gasteiger partial charge >= 0.3 is 5.97 Å². The van der Waals surface area contributed by atoms with Crippen LogP contribution in [0.1, 0.15) is 44.3 Å². The third-order valence-corrected chi connectivity index (χ3v) is 3.03. The van der Waals surface area contributed by atoms with Gasteiger partial charge < -0.3 is 9.15 Å². The Bertz CT molecular complexity index is 296. The normalized spacial score (nSPS) is 10.4. The predicted octanol–water partition coefficient (Wildman–Crippen LogP) is 4.06. The van der Waals surface area contributed by atoms with E-state index in [2.05, 4.69) is 15.9 Å². The fourth-order valence-electron chi connectivity index (χ4n) is 1.51. The van der Waals surface area contributed by atoms with E-state index in [1.165, 1.54) is 19.3 Å². The van der Waals surface area contributed by atoms with Crippen molar-refractivity contribution in [3.8, 4) is 0 Å².